The predicted molar refractivity (Wildman–Crippen MR) is 61.1 cm³/mol. The second-order valence-electron chi connectivity index (χ2n) is 3.58. The third kappa shape index (κ3) is 6.45. The molecule has 15 heavy (non-hydrogen) atoms. The minimum absolute atomic E-state index is 0.358. The molecule has 0 fully saturated rings. The Hall–Kier alpha value is -0.630. The third-order valence-electron chi connectivity index (χ3n) is 2.03. The van der Waals surface area contributed by atoms with Crippen LogP contribution in [-0.4, -0.2) is 18.2 Å². The van der Waals surface area contributed by atoms with Crippen molar-refractivity contribution in [3.63, 3.8) is 0 Å². The molecular formula is C11H17O3P. The van der Waals surface area contributed by atoms with Crippen molar-refractivity contribution in [1.82, 2.24) is 0 Å². The van der Waals surface area contributed by atoms with Gasteiger partial charge >= 0.3 is 7.60 Å². The highest BCUT2D eigenvalue weighted by Crippen LogP contribution is 2.36. The molecule has 1 aromatic rings. The Kier molecular flexibility index (Phi) is 5.03. The molecule has 3 nitrogen and oxygen atoms in total. The maximum atomic E-state index is 10.8. The lowest BCUT2D eigenvalue weighted by Crippen LogP contribution is -1.93. The van der Waals surface area contributed by atoms with Crippen molar-refractivity contribution in [2.24, 2.45) is 0 Å². The van der Waals surface area contributed by atoms with Crippen LogP contribution < -0.4 is 0 Å². The average Bonchev–Trinajstić information content (AvgIpc) is 2.17. The predicted octanol–water partition coefficient (Wildman–Crippen LogP) is 2.84. The largest absolute Gasteiger partial charge is 0.325 e. The Balaban J connectivity index is 2.10. The molecule has 1 aromatic carbocycles. The molecule has 0 saturated heterocycles. The van der Waals surface area contributed by atoms with Gasteiger partial charge in [0, 0.05) is 6.66 Å². The quantitative estimate of drug-likeness (QED) is 0.601. The van der Waals surface area contributed by atoms with Crippen LogP contribution in [0.3, 0.4) is 0 Å². The standard InChI is InChI=1S/C11H17O3P/c1-15(12,13)14-10-6-5-9-11-7-3-2-4-8-11/h2-4,7-8H,5-6,9-10H2,1H3,(H,12,13). The summed E-state index contributed by atoms with van der Waals surface area (Å²) >= 11 is 0. The van der Waals surface area contributed by atoms with Gasteiger partial charge in [-0.15, -0.1) is 0 Å². The summed E-state index contributed by atoms with van der Waals surface area (Å²) in [5.41, 5.74) is 1.29. The molecule has 0 saturated carbocycles. The second-order valence-corrected chi connectivity index (χ2v) is 5.44. The van der Waals surface area contributed by atoms with E-state index in [0.717, 1.165) is 19.3 Å². The second kappa shape index (κ2) is 6.06. The molecule has 1 unspecified atom stereocenters. The van der Waals surface area contributed by atoms with Crippen LogP contribution in [0.4, 0.5) is 0 Å². The van der Waals surface area contributed by atoms with Crippen LogP contribution in [0, 0.1) is 0 Å². The monoisotopic (exact) mass is 228 g/mol. The fourth-order valence-corrected chi connectivity index (χ4v) is 1.78. The zero-order chi connectivity index (χ0) is 11.1. The summed E-state index contributed by atoms with van der Waals surface area (Å²) in [6.45, 7) is 1.57. The van der Waals surface area contributed by atoms with Gasteiger partial charge in [0.1, 0.15) is 0 Å². The van der Waals surface area contributed by atoms with E-state index >= 15 is 0 Å². The van der Waals surface area contributed by atoms with Gasteiger partial charge in [0.05, 0.1) is 6.61 Å². The van der Waals surface area contributed by atoms with E-state index in [-0.39, 0.29) is 0 Å². The van der Waals surface area contributed by atoms with Crippen molar-refractivity contribution in [2.75, 3.05) is 13.3 Å². The van der Waals surface area contributed by atoms with Gasteiger partial charge in [-0.2, -0.15) is 0 Å². The number of rotatable bonds is 6. The number of aryl methyl sites for hydroxylation is 1. The number of hydrogen-bond donors (Lipinski definition) is 1. The van der Waals surface area contributed by atoms with Gasteiger partial charge in [-0.05, 0) is 24.8 Å². The highest BCUT2D eigenvalue weighted by molar-refractivity contribution is 7.51. The van der Waals surface area contributed by atoms with E-state index in [2.05, 4.69) is 12.1 Å². The molecule has 1 atom stereocenters. The lowest BCUT2D eigenvalue weighted by molar-refractivity contribution is 0.259. The molecule has 0 aliphatic rings. The van der Waals surface area contributed by atoms with E-state index in [1.54, 1.807) is 0 Å². The molecule has 0 bridgehead atoms. The molecule has 1 rings (SSSR count). The molecule has 0 aromatic heterocycles. The summed E-state index contributed by atoms with van der Waals surface area (Å²) in [5.74, 6) is 0. The number of unbranched alkanes of at least 4 members (excludes halogenated alkanes) is 1. The maximum Gasteiger partial charge on any atom is 0.325 e. The zero-order valence-corrected chi connectivity index (χ0v) is 9.82. The minimum Gasteiger partial charge on any atom is -0.324 e. The van der Waals surface area contributed by atoms with Crippen molar-refractivity contribution >= 4 is 7.60 Å². The van der Waals surface area contributed by atoms with Crippen LogP contribution in [0.1, 0.15) is 18.4 Å². The molecule has 0 heterocycles. The molecule has 84 valence electrons. The lowest BCUT2D eigenvalue weighted by Gasteiger charge is -2.06. The van der Waals surface area contributed by atoms with Crippen LogP contribution in [0.2, 0.25) is 0 Å². The molecule has 4 heteroatoms. The normalized spacial score (nSPS) is 14.8. The van der Waals surface area contributed by atoms with E-state index in [4.69, 9.17) is 9.42 Å². The van der Waals surface area contributed by atoms with Gasteiger partial charge in [-0.1, -0.05) is 30.3 Å². The first-order chi connectivity index (χ1) is 7.08. The van der Waals surface area contributed by atoms with Gasteiger partial charge in [0.15, 0.2) is 0 Å². The number of benzene rings is 1. The fraction of sp³-hybridized carbons (Fsp3) is 0.455. The highest BCUT2D eigenvalue weighted by atomic mass is 31.2. The van der Waals surface area contributed by atoms with E-state index in [0.29, 0.717) is 6.61 Å². The summed E-state index contributed by atoms with van der Waals surface area (Å²) < 4.78 is 15.6. The lowest BCUT2D eigenvalue weighted by atomic mass is 10.1. The van der Waals surface area contributed by atoms with E-state index in [9.17, 15) is 4.57 Å². The third-order valence-corrected chi connectivity index (χ3v) is 2.70. The van der Waals surface area contributed by atoms with Crippen LogP contribution in [0.5, 0.6) is 0 Å². The summed E-state index contributed by atoms with van der Waals surface area (Å²) in [6.07, 6.45) is 2.78. The summed E-state index contributed by atoms with van der Waals surface area (Å²) in [5, 5.41) is 0. The summed E-state index contributed by atoms with van der Waals surface area (Å²) in [6, 6.07) is 10.2. The molecular weight excluding hydrogens is 211 g/mol. The molecule has 1 N–H and O–H groups in total. The Morgan fingerprint density at radius 3 is 2.53 bits per heavy atom. The molecule has 0 spiro atoms. The molecule has 0 amide bonds. The topological polar surface area (TPSA) is 46.5 Å². The van der Waals surface area contributed by atoms with Gasteiger partial charge in [-0.3, -0.25) is 4.57 Å². The zero-order valence-electron chi connectivity index (χ0n) is 8.93. The fourth-order valence-electron chi connectivity index (χ4n) is 1.31. The summed E-state index contributed by atoms with van der Waals surface area (Å²) in [4.78, 5) is 8.87. The smallest absolute Gasteiger partial charge is 0.324 e. The van der Waals surface area contributed by atoms with E-state index in [1.807, 2.05) is 18.2 Å². The van der Waals surface area contributed by atoms with E-state index < -0.39 is 7.60 Å². The summed E-state index contributed by atoms with van der Waals surface area (Å²) in [7, 11) is -3.28. The Morgan fingerprint density at radius 1 is 1.27 bits per heavy atom. The van der Waals surface area contributed by atoms with Crippen molar-refractivity contribution in [1.29, 1.82) is 0 Å². The molecule has 0 radical (unpaired) electrons. The van der Waals surface area contributed by atoms with Crippen molar-refractivity contribution in [2.45, 2.75) is 19.3 Å². The SMILES string of the molecule is CP(=O)(O)OCCCCc1ccccc1. The van der Waals surface area contributed by atoms with Crippen LogP contribution >= 0.6 is 7.60 Å². The first kappa shape index (κ1) is 12.4. The van der Waals surface area contributed by atoms with Crippen LogP contribution in [0.15, 0.2) is 30.3 Å². The van der Waals surface area contributed by atoms with Gasteiger partial charge < -0.3 is 9.42 Å². The molecule has 0 aliphatic carbocycles. The first-order valence-electron chi connectivity index (χ1n) is 5.07. The van der Waals surface area contributed by atoms with Crippen molar-refractivity contribution in [3.05, 3.63) is 35.9 Å². The average molecular weight is 228 g/mol. The van der Waals surface area contributed by atoms with Crippen molar-refractivity contribution in [3.8, 4) is 0 Å². The van der Waals surface area contributed by atoms with Gasteiger partial charge in [0.2, 0.25) is 0 Å². The van der Waals surface area contributed by atoms with Crippen LogP contribution in [0.25, 0.3) is 0 Å². The first-order valence-corrected chi connectivity index (χ1v) is 7.09. The van der Waals surface area contributed by atoms with Crippen molar-refractivity contribution < 1.29 is 14.0 Å². The highest BCUT2D eigenvalue weighted by Gasteiger charge is 2.08. The maximum absolute atomic E-state index is 10.8. The van der Waals surface area contributed by atoms with Crippen LogP contribution in [-0.2, 0) is 15.5 Å². The Bertz CT molecular complexity index is 318. The van der Waals surface area contributed by atoms with Gasteiger partial charge in [0.25, 0.3) is 0 Å². The van der Waals surface area contributed by atoms with E-state index in [1.165, 1.54) is 12.2 Å². The van der Waals surface area contributed by atoms with Gasteiger partial charge in [-0.25, -0.2) is 0 Å². The molecule has 0 aliphatic heterocycles. The Morgan fingerprint density at radius 2 is 1.93 bits per heavy atom. The Labute approximate surface area is 90.6 Å². The number of hydrogen-bond acceptors (Lipinski definition) is 2. The minimum atomic E-state index is -3.28.